The Morgan fingerprint density at radius 2 is 1.81 bits per heavy atom. The van der Waals surface area contributed by atoms with Crippen molar-refractivity contribution in [3.8, 4) is 5.75 Å². The van der Waals surface area contributed by atoms with Gasteiger partial charge in [0.1, 0.15) is 10.6 Å². The van der Waals surface area contributed by atoms with Gasteiger partial charge in [-0.3, -0.25) is 4.79 Å². The molecule has 0 spiro atoms. The molecule has 1 aromatic carbocycles. The van der Waals surface area contributed by atoms with E-state index in [1.807, 2.05) is 4.90 Å². The number of nitrogens with zero attached hydrogens (tertiary/aromatic N) is 3. The first-order valence-corrected chi connectivity index (χ1v) is 12.5. The van der Waals surface area contributed by atoms with Gasteiger partial charge >= 0.3 is 0 Å². The first kappa shape index (κ1) is 25.6. The molecule has 1 aliphatic heterocycles. The van der Waals surface area contributed by atoms with Crippen LogP contribution in [0.4, 0.5) is 0 Å². The molecule has 0 radical (unpaired) electrons. The van der Waals surface area contributed by atoms with Gasteiger partial charge in [0.05, 0.1) is 20.3 Å². The van der Waals surface area contributed by atoms with Crippen LogP contribution < -0.4 is 4.74 Å². The molecule has 0 aromatic heterocycles. The molecule has 0 saturated carbocycles. The Kier molecular flexibility index (Phi) is 9.74. The molecule has 0 atom stereocenters. The number of carbonyl (C=O) groups excluding carboxylic acids is 1. The van der Waals surface area contributed by atoms with Gasteiger partial charge in [-0.25, -0.2) is 8.42 Å². The Morgan fingerprint density at radius 3 is 2.35 bits per heavy atom. The van der Waals surface area contributed by atoms with E-state index in [-0.39, 0.29) is 29.6 Å². The van der Waals surface area contributed by atoms with Gasteiger partial charge in [0, 0.05) is 38.3 Å². The SMILES string of the molecule is CCN(CC)CCN(CC(C)C)C(=O)c1ccc(OC)c(S(=O)(=O)N2CCOCC2)c1. The number of methoxy groups -OCH3 is 1. The minimum atomic E-state index is -3.79. The molecule has 31 heavy (non-hydrogen) atoms. The number of rotatable bonds is 11. The smallest absolute Gasteiger partial charge is 0.253 e. The van der Waals surface area contributed by atoms with E-state index in [0.717, 1.165) is 19.6 Å². The monoisotopic (exact) mass is 455 g/mol. The average Bonchev–Trinajstić information content (AvgIpc) is 2.78. The van der Waals surface area contributed by atoms with E-state index in [0.29, 0.717) is 37.8 Å². The van der Waals surface area contributed by atoms with Crippen molar-refractivity contribution in [2.24, 2.45) is 5.92 Å². The van der Waals surface area contributed by atoms with E-state index in [9.17, 15) is 13.2 Å². The Hall–Kier alpha value is -1.68. The molecule has 0 unspecified atom stereocenters. The zero-order chi connectivity index (χ0) is 23.0. The Morgan fingerprint density at radius 1 is 1.16 bits per heavy atom. The number of sulfonamides is 1. The number of morpholine rings is 1. The summed E-state index contributed by atoms with van der Waals surface area (Å²) >= 11 is 0. The summed E-state index contributed by atoms with van der Waals surface area (Å²) in [5.74, 6) is 0.374. The summed E-state index contributed by atoms with van der Waals surface area (Å²) in [6.45, 7) is 13.4. The zero-order valence-electron chi connectivity index (χ0n) is 19.5. The fraction of sp³-hybridized carbons (Fsp3) is 0.682. The normalized spacial score (nSPS) is 15.5. The first-order valence-electron chi connectivity index (χ1n) is 11.0. The van der Waals surface area contributed by atoms with E-state index < -0.39 is 10.0 Å². The molecular formula is C22H37N3O5S. The van der Waals surface area contributed by atoms with Gasteiger partial charge < -0.3 is 19.3 Å². The molecule has 0 bridgehead atoms. The van der Waals surface area contributed by atoms with Gasteiger partial charge in [-0.05, 0) is 37.2 Å². The molecule has 1 aliphatic rings. The predicted octanol–water partition coefficient (Wildman–Crippen LogP) is 2.16. The summed E-state index contributed by atoms with van der Waals surface area (Å²) in [5, 5.41) is 0. The number of likely N-dealkylation sites (N-methyl/N-ethyl adjacent to an activating group) is 1. The second kappa shape index (κ2) is 11.8. The number of ether oxygens (including phenoxy) is 2. The maximum absolute atomic E-state index is 13.4. The Bertz CT molecular complexity index is 818. The highest BCUT2D eigenvalue weighted by Gasteiger charge is 2.30. The molecule has 1 fully saturated rings. The van der Waals surface area contributed by atoms with Gasteiger partial charge in [-0.15, -0.1) is 0 Å². The van der Waals surface area contributed by atoms with Crippen LogP contribution in [0.2, 0.25) is 0 Å². The van der Waals surface area contributed by atoms with Crippen molar-refractivity contribution >= 4 is 15.9 Å². The summed E-state index contributed by atoms with van der Waals surface area (Å²) in [4.78, 5) is 17.5. The van der Waals surface area contributed by atoms with Crippen LogP contribution in [-0.4, -0.2) is 94.6 Å². The fourth-order valence-electron chi connectivity index (χ4n) is 3.64. The third kappa shape index (κ3) is 6.65. The van der Waals surface area contributed by atoms with Gasteiger partial charge in [0.2, 0.25) is 10.0 Å². The molecule has 8 nitrogen and oxygen atoms in total. The van der Waals surface area contributed by atoms with Crippen LogP contribution in [0.3, 0.4) is 0 Å². The molecule has 2 rings (SSSR count). The predicted molar refractivity (Wildman–Crippen MR) is 121 cm³/mol. The maximum atomic E-state index is 13.4. The van der Waals surface area contributed by atoms with Gasteiger partial charge in [-0.2, -0.15) is 4.31 Å². The van der Waals surface area contributed by atoms with Crippen molar-refractivity contribution in [1.82, 2.24) is 14.1 Å². The molecule has 1 saturated heterocycles. The summed E-state index contributed by atoms with van der Waals surface area (Å²) in [5.41, 5.74) is 0.354. The largest absolute Gasteiger partial charge is 0.495 e. The Labute approximate surface area is 187 Å². The standard InChI is InChI=1S/C22H37N3O5S/c1-6-23(7-2)10-11-24(17-18(3)4)22(26)19-8-9-20(29-5)21(16-19)31(27,28)25-12-14-30-15-13-25/h8-9,16,18H,6-7,10-15,17H2,1-5H3. The highest BCUT2D eigenvalue weighted by Crippen LogP contribution is 2.29. The van der Waals surface area contributed by atoms with Gasteiger partial charge in [-0.1, -0.05) is 27.7 Å². The second-order valence-corrected chi connectivity index (χ2v) is 9.96. The van der Waals surface area contributed by atoms with Gasteiger partial charge in [0.25, 0.3) is 5.91 Å². The van der Waals surface area contributed by atoms with Crippen LogP contribution in [0, 0.1) is 5.92 Å². The highest BCUT2D eigenvalue weighted by atomic mass is 32.2. The van der Waals surface area contributed by atoms with Crippen LogP contribution in [0.15, 0.2) is 23.1 Å². The van der Waals surface area contributed by atoms with Crippen LogP contribution >= 0.6 is 0 Å². The summed E-state index contributed by atoms with van der Waals surface area (Å²) in [6, 6.07) is 4.67. The number of amides is 1. The minimum absolute atomic E-state index is 0.0241. The third-order valence-corrected chi connectivity index (χ3v) is 7.37. The average molecular weight is 456 g/mol. The summed E-state index contributed by atoms with van der Waals surface area (Å²) in [7, 11) is -2.36. The number of hydrogen-bond donors (Lipinski definition) is 0. The molecule has 0 N–H and O–H groups in total. The van der Waals surface area contributed by atoms with Crippen molar-refractivity contribution in [2.45, 2.75) is 32.6 Å². The lowest BCUT2D eigenvalue weighted by molar-refractivity contribution is 0.0714. The topological polar surface area (TPSA) is 79.4 Å². The van der Waals surface area contributed by atoms with E-state index in [2.05, 4.69) is 32.6 Å². The van der Waals surface area contributed by atoms with Crippen molar-refractivity contribution in [2.75, 3.05) is 66.1 Å². The highest BCUT2D eigenvalue weighted by molar-refractivity contribution is 7.89. The summed E-state index contributed by atoms with van der Waals surface area (Å²) in [6.07, 6.45) is 0. The first-order chi connectivity index (χ1) is 14.7. The van der Waals surface area contributed by atoms with E-state index in [1.165, 1.54) is 17.5 Å². The zero-order valence-corrected chi connectivity index (χ0v) is 20.3. The van der Waals surface area contributed by atoms with Crippen molar-refractivity contribution < 1.29 is 22.7 Å². The maximum Gasteiger partial charge on any atom is 0.253 e. The van der Waals surface area contributed by atoms with Crippen LogP contribution in [0.5, 0.6) is 5.75 Å². The molecule has 9 heteroatoms. The van der Waals surface area contributed by atoms with Gasteiger partial charge in [0.15, 0.2) is 0 Å². The van der Waals surface area contributed by atoms with Crippen molar-refractivity contribution in [1.29, 1.82) is 0 Å². The van der Waals surface area contributed by atoms with Crippen LogP contribution in [0.25, 0.3) is 0 Å². The number of carbonyl (C=O) groups is 1. The van der Waals surface area contributed by atoms with Crippen LogP contribution in [0.1, 0.15) is 38.1 Å². The Balaban J connectivity index is 2.34. The van der Waals surface area contributed by atoms with E-state index in [4.69, 9.17) is 9.47 Å². The second-order valence-electron chi connectivity index (χ2n) is 8.05. The minimum Gasteiger partial charge on any atom is -0.495 e. The van der Waals surface area contributed by atoms with Crippen molar-refractivity contribution in [3.63, 3.8) is 0 Å². The number of benzene rings is 1. The number of hydrogen-bond acceptors (Lipinski definition) is 6. The summed E-state index contributed by atoms with van der Waals surface area (Å²) < 4.78 is 38.5. The van der Waals surface area contributed by atoms with Crippen molar-refractivity contribution in [3.05, 3.63) is 23.8 Å². The lowest BCUT2D eigenvalue weighted by Crippen LogP contribution is -2.41. The molecule has 0 aliphatic carbocycles. The molecule has 1 heterocycles. The molecule has 1 amide bonds. The molecule has 1 aromatic rings. The third-order valence-electron chi connectivity index (χ3n) is 5.45. The van der Waals surface area contributed by atoms with E-state index >= 15 is 0 Å². The quantitative estimate of drug-likeness (QED) is 0.509. The van der Waals surface area contributed by atoms with Crippen LogP contribution in [-0.2, 0) is 14.8 Å². The lowest BCUT2D eigenvalue weighted by Gasteiger charge is -2.29. The molecular weight excluding hydrogens is 418 g/mol. The van der Waals surface area contributed by atoms with E-state index in [1.54, 1.807) is 12.1 Å². The fourth-order valence-corrected chi connectivity index (χ4v) is 5.23. The molecule has 176 valence electrons. The lowest BCUT2D eigenvalue weighted by atomic mass is 10.1.